The Morgan fingerprint density at radius 1 is 1.19 bits per heavy atom. The molecule has 1 fully saturated rings. The second kappa shape index (κ2) is 8.38. The maximum Gasteiger partial charge on any atom is 0.416 e. The minimum Gasteiger partial charge on any atom is -0.504 e. The first kappa shape index (κ1) is 22.3. The van der Waals surface area contributed by atoms with Gasteiger partial charge in [-0.25, -0.2) is 12.9 Å². The minimum atomic E-state index is -4.65. The molecule has 1 heterocycles. The minimum absolute atomic E-state index is 0.0304. The molecule has 6 nitrogen and oxygen atoms in total. The third kappa shape index (κ3) is 4.53. The van der Waals surface area contributed by atoms with Gasteiger partial charge in [0.2, 0.25) is 0 Å². The van der Waals surface area contributed by atoms with Crippen LogP contribution in [-0.4, -0.2) is 32.8 Å². The van der Waals surface area contributed by atoms with Gasteiger partial charge in [0.15, 0.2) is 11.5 Å². The molecule has 160 valence electrons. The van der Waals surface area contributed by atoms with Crippen molar-refractivity contribution in [2.24, 2.45) is 0 Å². The van der Waals surface area contributed by atoms with Crippen LogP contribution in [-0.2, 0) is 17.2 Å². The lowest BCUT2D eigenvalue weighted by atomic mass is 10.1. The van der Waals surface area contributed by atoms with Gasteiger partial charge in [0.05, 0.1) is 28.1 Å². The summed E-state index contributed by atoms with van der Waals surface area (Å²) in [6.07, 6.45) is -5.47. The smallest absolute Gasteiger partial charge is 0.416 e. The maximum absolute atomic E-state index is 13.8. The molecule has 2 aromatic rings. The number of rotatable bonds is 4. The molecule has 1 saturated heterocycles. The lowest BCUT2D eigenvalue weighted by molar-refractivity contribution is -0.137. The van der Waals surface area contributed by atoms with Crippen LogP contribution in [0.15, 0.2) is 47.4 Å². The van der Waals surface area contributed by atoms with Crippen molar-refractivity contribution in [3.63, 3.8) is 0 Å². The molecule has 1 aliphatic rings. The molecular formula is C20H13F4N3O3S. The monoisotopic (exact) mass is 451 g/mol. The van der Waals surface area contributed by atoms with E-state index in [9.17, 15) is 32.1 Å². The fourth-order valence-electron chi connectivity index (χ4n) is 2.92. The largest absolute Gasteiger partial charge is 0.504 e. The molecular weight excluding hydrogens is 438 g/mol. The zero-order valence-corrected chi connectivity index (χ0v) is 16.4. The normalized spacial score (nSPS) is 17.7. The predicted molar refractivity (Wildman–Crippen MR) is 100 cm³/mol. The Bertz CT molecular complexity index is 1170. The SMILES string of the molecule is C=C1CN(S(=O)c2ccc(C(F)(F)F)cc2C#N)C[C@@H]1Oc1cc(F)c(C#N)cc1O. The quantitative estimate of drug-likeness (QED) is 0.566. The van der Waals surface area contributed by atoms with Crippen molar-refractivity contribution >= 4 is 11.0 Å². The number of phenols is 1. The van der Waals surface area contributed by atoms with Gasteiger partial charge in [0, 0.05) is 18.7 Å². The average Bonchev–Trinajstić information content (AvgIpc) is 3.09. The van der Waals surface area contributed by atoms with Crippen LogP contribution in [0.1, 0.15) is 16.7 Å². The van der Waals surface area contributed by atoms with Gasteiger partial charge in [-0.05, 0) is 23.8 Å². The zero-order chi connectivity index (χ0) is 22.9. The van der Waals surface area contributed by atoms with Crippen LogP contribution >= 0.6 is 0 Å². The molecule has 2 atom stereocenters. The van der Waals surface area contributed by atoms with E-state index < -0.39 is 40.4 Å². The van der Waals surface area contributed by atoms with Crippen LogP contribution < -0.4 is 4.74 Å². The van der Waals surface area contributed by atoms with E-state index in [0.29, 0.717) is 11.6 Å². The Balaban J connectivity index is 1.81. The van der Waals surface area contributed by atoms with Crippen LogP contribution in [0.25, 0.3) is 0 Å². The lowest BCUT2D eigenvalue weighted by Gasteiger charge is -2.17. The number of hydrogen-bond acceptors (Lipinski definition) is 5. The highest BCUT2D eigenvalue weighted by Crippen LogP contribution is 2.34. The molecule has 3 rings (SSSR count). The Kier molecular flexibility index (Phi) is 6.02. The van der Waals surface area contributed by atoms with Gasteiger partial charge in [-0.2, -0.15) is 23.7 Å². The van der Waals surface area contributed by atoms with Crippen molar-refractivity contribution in [2.45, 2.75) is 17.2 Å². The average molecular weight is 451 g/mol. The van der Waals surface area contributed by atoms with Crippen LogP contribution in [0.5, 0.6) is 11.5 Å². The van der Waals surface area contributed by atoms with E-state index in [-0.39, 0.29) is 34.9 Å². The molecule has 31 heavy (non-hydrogen) atoms. The Morgan fingerprint density at radius 3 is 2.48 bits per heavy atom. The van der Waals surface area contributed by atoms with Gasteiger partial charge < -0.3 is 9.84 Å². The number of hydrogen-bond donors (Lipinski definition) is 1. The second-order valence-corrected chi connectivity index (χ2v) is 8.02. The zero-order valence-electron chi connectivity index (χ0n) is 15.6. The van der Waals surface area contributed by atoms with E-state index in [1.807, 2.05) is 0 Å². The van der Waals surface area contributed by atoms with Gasteiger partial charge in [0.25, 0.3) is 0 Å². The molecule has 2 aromatic carbocycles. The first-order chi connectivity index (χ1) is 14.5. The summed E-state index contributed by atoms with van der Waals surface area (Å²) < 4.78 is 72.2. The highest BCUT2D eigenvalue weighted by molar-refractivity contribution is 7.82. The number of nitriles is 2. The summed E-state index contributed by atoms with van der Waals surface area (Å²) in [6.45, 7) is 3.78. The number of alkyl halides is 3. The van der Waals surface area contributed by atoms with Crippen LogP contribution in [0.3, 0.4) is 0 Å². The van der Waals surface area contributed by atoms with Gasteiger partial charge >= 0.3 is 6.18 Å². The third-order valence-corrected chi connectivity index (χ3v) is 5.97. The molecule has 0 aromatic heterocycles. The maximum atomic E-state index is 13.8. The summed E-state index contributed by atoms with van der Waals surface area (Å²) in [5.41, 5.74) is -1.36. The van der Waals surface area contributed by atoms with Crippen molar-refractivity contribution in [1.29, 1.82) is 10.5 Å². The van der Waals surface area contributed by atoms with Gasteiger partial charge in [-0.3, -0.25) is 0 Å². The third-order valence-electron chi connectivity index (χ3n) is 4.49. The number of aromatic hydroxyl groups is 1. The lowest BCUT2D eigenvalue weighted by Crippen LogP contribution is -2.27. The highest BCUT2D eigenvalue weighted by atomic mass is 32.2. The van der Waals surface area contributed by atoms with Gasteiger partial charge in [-0.15, -0.1) is 0 Å². The van der Waals surface area contributed by atoms with E-state index in [2.05, 4.69) is 6.58 Å². The molecule has 11 heteroatoms. The van der Waals surface area contributed by atoms with Crippen LogP contribution in [0, 0.1) is 28.5 Å². The summed E-state index contributed by atoms with van der Waals surface area (Å²) in [4.78, 5) is -0.101. The standard InChI is InChI=1S/C20H13F4N3O3S/c1-11-9-27(10-18(11)30-17-6-15(21)12(7-25)5-16(17)28)31(29)19-3-2-14(20(22,23)24)4-13(19)8-26/h2-6,18,28H,1,9-10H2/t18-,31?/m0/s1. The predicted octanol–water partition coefficient (Wildman–Crippen LogP) is 3.64. The van der Waals surface area contributed by atoms with E-state index >= 15 is 0 Å². The van der Waals surface area contributed by atoms with Crippen molar-refractivity contribution in [1.82, 2.24) is 4.31 Å². The summed E-state index contributed by atoms with van der Waals surface area (Å²) in [6, 6.07) is 7.29. The number of phenolic OH excluding ortho intramolecular Hbond substituents is 1. The van der Waals surface area contributed by atoms with Crippen molar-refractivity contribution in [3.8, 4) is 23.6 Å². The van der Waals surface area contributed by atoms with Crippen LogP contribution in [0.2, 0.25) is 0 Å². The van der Waals surface area contributed by atoms with Crippen LogP contribution in [0.4, 0.5) is 17.6 Å². The molecule has 1 aliphatic heterocycles. The Hall–Kier alpha value is -3.41. The first-order valence-electron chi connectivity index (χ1n) is 8.60. The molecule has 1 N–H and O–H groups in total. The molecule has 0 radical (unpaired) electrons. The molecule has 0 bridgehead atoms. The Labute approximate surface area is 176 Å². The molecule has 1 unspecified atom stereocenters. The number of ether oxygens (including phenoxy) is 1. The highest BCUT2D eigenvalue weighted by Gasteiger charge is 2.35. The van der Waals surface area contributed by atoms with E-state index in [0.717, 1.165) is 24.3 Å². The molecule has 0 amide bonds. The fourth-order valence-corrected chi connectivity index (χ4v) is 4.23. The van der Waals surface area contributed by atoms with Gasteiger partial charge in [0.1, 0.15) is 35.0 Å². The van der Waals surface area contributed by atoms with E-state index in [1.165, 1.54) is 4.31 Å². The van der Waals surface area contributed by atoms with Crippen molar-refractivity contribution < 1.29 is 31.6 Å². The Morgan fingerprint density at radius 2 is 1.87 bits per heavy atom. The summed E-state index contributed by atoms with van der Waals surface area (Å²) in [5.74, 6) is -1.62. The number of nitrogens with zero attached hydrogens (tertiary/aromatic N) is 3. The molecule has 0 spiro atoms. The summed E-state index contributed by atoms with van der Waals surface area (Å²) in [5, 5.41) is 27.9. The molecule has 0 saturated carbocycles. The fraction of sp³-hybridized carbons (Fsp3) is 0.200. The summed E-state index contributed by atoms with van der Waals surface area (Å²) in [7, 11) is -2.00. The topological polar surface area (TPSA) is 97.4 Å². The van der Waals surface area contributed by atoms with E-state index in [4.69, 9.17) is 10.00 Å². The summed E-state index contributed by atoms with van der Waals surface area (Å²) >= 11 is 0. The van der Waals surface area contributed by atoms with Crippen molar-refractivity contribution in [3.05, 3.63) is 65.0 Å². The number of halogens is 4. The van der Waals surface area contributed by atoms with Crippen molar-refractivity contribution in [2.75, 3.05) is 13.1 Å². The van der Waals surface area contributed by atoms with E-state index in [1.54, 1.807) is 12.1 Å². The second-order valence-electron chi connectivity index (χ2n) is 6.57. The first-order valence-corrected chi connectivity index (χ1v) is 9.71. The van der Waals surface area contributed by atoms with Gasteiger partial charge in [-0.1, -0.05) is 6.58 Å². The molecule has 0 aliphatic carbocycles. The number of benzene rings is 2.